The smallest absolute Gasteiger partial charge is 0.128 e. The first kappa shape index (κ1) is 10.4. The molecule has 2 rings (SSSR count). The third kappa shape index (κ3) is 2.12. The first-order valence-corrected chi connectivity index (χ1v) is 5.64. The Morgan fingerprint density at radius 3 is 2.93 bits per heavy atom. The van der Waals surface area contributed by atoms with Crippen LogP contribution in [0.15, 0.2) is 29.8 Å². The molecule has 0 saturated carbocycles. The number of nitrogen functional groups attached to an aromatic ring is 1. The first-order valence-electron chi connectivity index (χ1n) is 4.38. The molecule has 4 N–H and O–H groups in total. The summed E-state index contributed by atoms with van der Waals surface area (Å²) < 4.78 is 0. The molecule has 15 heavy (non-hydrogen) atoms. The number of halogens is 1. The Morgan fingerprint density at radius 2 is 2.27 bits per heavy atom. The van der Waals surface area contributed by atoms with Crippen LogP contribution in [0, 0.1) is 0 Å². The van der Waals surface area contributed by atoms with E-state index in [9.17, 15) is 0 Å². The van der Waals surface area contributed by atoms with Gasteiger partial charge in [0.15, 0.2) is 0 Å². The monoisotopic (exact) mass is 239 g/mol. The Morgan fingerprint density at radius 1 is 1.47 bits per heavy atom. The van der Waals surface area contributed by atoms with Crippen molar-refractivity contribution >= 4 is 28.8 Å². The van der Waals surface area contributed by atoms with Gasteiger partial charge in [0, 0.05) is 16.6 Å². The van der Waals surface area contributed by atoms with Crippen molar-refractivity contribution in [1.82, 2.24) is 4.98 Å². The summed E-state index contributed by atoms with van der Waals surface area (Å²) in [6, 6.07) is 5.43. The summed E-state index contributed by atoms with van der Waals surface area (Å²) in [4.78, 5) is 5.03. The van der Waals surface area contributed by atoms with Gasteiger partial charge in [-0.2, -0.15) is 0 Å². The topological polar surface area (TPSA) is 64.9 Å². The Bertz CT molecular complexity index is 456. The van der Waals surface area contributed by atoms with Gasteiger partial charge in [0.1, 0.15) is 5.82 Å². The van der Waals surface area contributed by atoms with E-state index in [0.717, 1.165) is 10.4 Å². The fourth-order valence-electron chi connectivity index (χ4n) is 1.34. The lowest BCUT2D eigenvalue weighted by molar-refractivity contribution is 0.889. The zero-order valence-corrected chi connectivity index (χ0v) is 9.42. The molecule has 2 aromatic rings. The van der Waals surface area contributed by atoms with Gasteiger partial charge in [0.2, 0.25) is 0 Å². The molecule has 78 valence electrons. The van der Waals surface area contributed by atoms with Crippen molar-refractivity contribution in [2.24, 2.45) is 5.73 Å². The van der Waals surface area contributed by atoms with Crippen LogP contribution in [0.2, 0.25) is 5.02 Å². The molecule has 1 unspecified atom stereocenters. The SMILES string of the molecule is Nc1ncc(Cl)cc1C(N)c1cccs1. The number of pyridine rings is 1. The lowest BCUT2D eigenvalue weighted by Gasteiger charge is -2.12. The predicted octanol–water partition coefficient (Wildman–Crippen LogP) is 2.43. The summed E-state index contributed by atoms with van der Waals surface area (Å²) in [5.41, 5.74) is 12.6. The minimum atomic E-state index is -0.254. The van der Waals surface area contributed by atoms with Gasteiger partial charge >= 0.3 is 0 Å². The van der Waals surface area contributed by atoms with Crippen molar-refractivity contribution in [3.63, 3.8) is 0 Å². The number of aromatic nitrogens is 1. The fraction of sp³-hybridized carbons (Fsp3) is 0.100. The molecule has 0 aliphatic heterocycles. The standard InChI is InChI=1S/C10H10ClN3S/c11-6-4-7(10(13)14-5-6)9(12)8-2-1-3-15-8/h1-5,9H,12H2,(H2,13,14). The molecule has 1 atom stereocenters. The molecular weight excluding hydrogens is 230 g/mol. The van der Waals surface area contributed by atoms with Gasteiger partial charge in [-0.1, -0.05) is 17.7 Å². The molecule has 5 heteroatoms. The van der Waals surface area contributed by atoms with Gasteiger partial charge in [-0.15, -0.1) is 11.3 Å². The van der Waals surface area contributed by atoms with E-state index in [4.69, 9.17) is 23.1 Å². The maximum Gasteiger partial charge on any atom is 0.128 e. The maximum absolute atomic E-state index is 6.06. The lowest BCUT2D eigenvalue weighted by atomic mass is 10.1. The van der Waals surface area contributed by atoms with Gasteiger partial charge in [0.05, 0.1) is 11.1 Å². The van der Waals surface area contributed by atoms with Crippen LogP contribution in [-0.2, 0) is 0 Å². The Hall–Kier alpha value is -1.10. The number of hydrogen-bond acceptors (Lipinski definition) is 4. The zero-order chi connectivity index (χ0) is 10.8. The van der Waals surface area contributed by atoms with E-state index in [0.29, 0.717) is 10.8 Å². The van der Waals surface area contributed by atoms with E-state index in [1.165, 1.54) is 6.20 Å². The molecule has 0 aliphatic carbocycles. The number of rotatable bonds is 2. The van der Waals surface area contributed by atoms with Crippen LogP contribution in [-0.4, -0.2) is 4.98 Å². The van der Waals surface area contributed by atoms with E-state index in [2.05, 4.69) is 4.98 Å². The molecule has 0 saturated heterocycles. The summed E-state index contributed by atoms with van der Waals surface area (Å²) in [5.74, 6) is 0.431. The minimum Gasteiger partial charge on any atom is -0.383 e. The molecule has 0 fully saturated rings. The average molecular weight is 240 g/mol. The third-order valence-electron chi connectivity index (χ3n) is 2.10. The number of hydrogen-bond donors (Lipinski definition) is 2. The molecule has 0 radical (unpaired) electrons. The number of thiophene rings is 1. The largest absolute Gasteiger partial charge is 0.383 e. The van der Waals surface area contributed by atoms with Crippen molar-refractivity contribution in [2.45, 2.75) is 6.04 Å². The molecule has 0 amide bonds. The van der Waals surface area contributed by atoms with E-state index < -0.39 is 0 Å². The molecule has 2 aromatic heterocycles. The highest BCUT2D eigenvalue weighted by Crippen LogP contribution is 2.28. The number of nitrogens with zero attached hydrogens (tertiary/aromatic N) is 1. The Balaban J connectivity index is 2.41. The van der Waals surface area contributed by atoms with Crippen molar-refractivity contribution in [3.8, 4) is 0 Å². The molecule has 3 nitrogen and oxygen atoms in total. The first-order chi connectivity index (χ1) is 7.18. The molecular formula is C10H10ClN3S. The molecule has 2 heterocycles. The third-order valence-corrected chi connectivity index (χ3v) is 3.26. The van der Waals surface area contributed by atoms with Gasteiger partial charge in [0.25, 0.3) is 0 Å². The summed E-state index contributed by atoms with van der Waals surface area (Å²) in [7, 11) is 0. The van der Waals surface area contributed by atoms with Crippen LogP contribution in [0.4, 0.5) is 5.82 Å². The number of anilines is 1. The summed E-state index contributed by atoms with van der Waals surface area (Å²) in [5, 5.41) is 2.52. The van der Waals surface area contributed by atoms with Gasteiger partial charge < -0.3 is 11.5 Å². The normalized spacial score (nSPS) is 12.7. The molecule has 0 bridgehead atoms. The van der Waals surface area contributed by atoms with Crippen LogP contribution < -0.4 is 11.5 Å². The quantitative estimate of drug-likeness (QED) is 0.846. The van der Waals surface area contributed by atoms with Crippen molar-refractivity contribution < 1.29 is 0 Å². The zero-order valence-electron chi connectivity index (χ0n) is 7.85. The second-order valence-electron chi connectivity index (χ2n) is 3.12. The van der Waals surface area contributed by atoms with Gasteiger partial charge in [-0.3, -0.25) is 0 Å². The molecule has 0 aliphatic rings. The Kier molecular flexibility index (Phi) is 2.90. The van der Waals surface area contributed by atoms with Crippen LogP contribution in [0.5, 0.6) is 0 Å². The van der Waals surface area contributed by atoms with E-state index >= 15 is 0 Å². The predicted molar refractivity (Wildman–Crippen MR) is 64.0 cm³/mol. The van der Waals surface area contributed by atoms with Gasteiger partial charge in [-0.25, -0.2) is 4.98 Å². The summed E-state index contributed by atoms with van der Waals surface area (Å²) in [6.45, 7) is 0. The van der Waals surface area contributed by atoms with Crippen molar-refractivity contribution in [3.05, 3.63) is 45.2 Å². The van der Waals surface area contributed by atoms with Crippen LogP contribution in [0.25, 0.3) is 0 Å². The lowest BCUT2D eigenvalue weighted by Crippen LogP contribution is -2.13. The highest BCUT2D eigenvalue weighted by Gasteiger charge is 2.14. The van der Waals surface area contributed by atoms with E-state index in [1.807, 2.05) is 17.5 Å². The minimum absolute atomic E-state index is 0.254. The van der Waals surface area contributed by atoms with Gasteiger partial charge in [-0.05, 0) is 17.5 Å². The maximum atomic E-state index is 6.06. The van der Waals surface area contributed by atoms with Crippen LogP contribution in [0.1, 0.15) is 16.5 Å². The highest BCUT2D eigenvalue weighted by atomic mass is 35.5. The second kappa shape index (κ2) is 4.18. The molecule has 0 aromatic carbocycles. The van der Waals surface area contributed by atoms with Crippen LogP contribution >= 0.6 is 22.9 Å². The van der Waals surface area contributed by atoms with Crippen molar-refractivity contribution in [2.75, 3.05) is 5.73 Å². The summed E-state index contributed by atoms with van der Waals surface area (Å²) in [6.07, 6.45) is 1.52. The highest BCUT2D eigenvalue weighted by molar-refractivity contribution is 7.10. The van der Waals surface area contributed by atoms with E-state index in [-0.39, 0.29) is 6.04 Å². The average Bonchev–Trinajstić information content (AvgIpc) is 2.74. The van der Waals surface area contributed by atoms with E-state index in [1.54, 1.807) is 17.4 Å². The number of nitrogens with two attached hydrogens (primary N) is 2. The van der Waals surface area contributed by atoms with Crippen molar-refractivity contribution in [1.29, 1.82) is 0 Å². The fourth-order valence-corrected chi connectivity index (χ4v) is 2.25. The second-order valence-corrected chi connectivity index (χ2v) is 4.54. The molecule has 0 spiro atoms. The van der Waals surface area contributed by atoms with Crippen LogP contribution in [0.3, 0.4) is 0 Å². The Labute approximate surface area is 96.7 Å². The summed E-state index contributed by atoms with van der Waals surface area (Å²) >= 11 is 7.44.